The van der Waals surface area contributed by atoms with Crippen molar-refractivity contribution in [2.45, 2.75) is 52.5 Å². The highest BCUT2D eigenvalue weighted by Gasteiger charge is 2.29. The van der Waals surface area contributed by atoms with Crippen LogP contribution >= 0.6 is 0 Å². The number of unbranched alkanes of at least 4 members (excludes halogenated alkanes) is 1. The van der Waals surface area contributed by atoms with E-state index in [1.165, 1.54) is 16.7 Å². The fraction of sp³-hybridized carbons (Fsp3) is 0.450. The lowest BCUT2D eigenvalue weighted by atomic mass is 10.0. The van der Waals surface area contributed by atoms with Crippen LogP contribution in [0, 0.1) is 12.8 Å². The first-order valence-corrected chi connectivity index (χ1v) is 9.01. The summed E-state index contributed by atoms with van der Waals surface area (Å²) in [5.74, 6) is 1.11. The SMILES string of the molecule is CCCC/C(=N/O)c1cnc(N[C@H]2c3cc(C)ccc3C[C@@H]2C)nc1. The minimum atomic E-state index is 0.229. The molecule has 0 unspecified atom stereocenters. The lowest BCUT2D eigenvalue weighted by molar-refractivity contribution is 0.317. The highest BCUT2D eigenvalue weighted by Crippen LogP contribution is 2.38. The number of oxime groups is 1. The molecule has 0 saturated carbocycles. The van der Waals surface area contributed by atoms with Crippen LogP contribution in [0.3, 0.4) is 0 Å². The molecule has 2 N–H and O–H groups in total. The average molecular weight is 338 g/mol. The molecule has 0 saturated heterocycles. The summed E-state index contributed by atoms with van der Waals surface area (Å²) in [4.78, 5) is 8.87. The molecule has 1 aliphatic carbocycles. The van der Waals surface area contributed by atoms with Gasteiger partial charge in [-0.15, -0.1) is 0 Å². The summed E-state index contributed by atoms with van der Waals surface area (Å²) < 4.78 is 0. The third kappa shape index (κ3) is 3.81. The second-order valence-electron chi connectivity index (χ2n) is 6.95. The number of fused-ring (bicyclic) bond motifs is 1. The number of benzene rings is 1. The van der Waals surface area contributed by atoms with Crippen LogP contribution in [0.1, 0.15) is 61.4 Å². The first-order valence-electron chi connectivity index (χ1n) is 9.01. The molecule has 3 rings (SSSR count). The maximum Gasteiger partial charge on any atom is 0.223 e. The van der Waals surface area contributed by atoms with Crippen LogP contribution in [-0.4, -0.2) is 20.9 Å². The van der Waals surface area contributed by atoms with Crippen molar-refractivity contribution in [1.82, 2.24) is 9.97 Å². The van der Waals surface area contributed by atoms with E-state index in [0.717, 1.165) is 31.2 Å². The molecule has 0 amide bonds. The van der Waals surface area contributed by atoms with Crippen LogP contribution in [0.25, 0.3) is 0 Å². The Kier molecular flexibility index (Phi) is 5.31. The molecule has 1 aliphatic rings. The quantitative estimate of drug-likeness (QED) is 0.462. The summed E-state index contributed by atoms with van der Waals surface area (Å²) in [5, 5.41) is 16.1. The lowest BCUT2D eigenvalue weighted by Crippen LogP contribution is -2.16. The molecule has 0 aliphatic heterocycles. The van der Waals surface area contributed by atoms with Gasteiger partial charge in [0.1, 0.15) is 0 Å². The van der Waals surface area contributed by atoms with Crippen molar-refractivity contribution >= 4 is 11.7 Å². The molecule has 25 heavy (non-hydrogen) atoms. The minimum Gasteiger partial charge on any atom is -0.411 e. The van der Waals surface area contributed by atoms with E-state index in [2.05, 4.69) is 59.4 Å². The highest BCUT2D eigenvalue weighted by molar-refractivity contribution is 5.99. The first-order chi connectivity index (χ1) is 12.1. The number of hydrogen-bond acceptors (Lipinski definition) is 5. The van der Waals surface area contributed by atoms with E-state index in [-0.39, 0.29) is 6.04 Å². The maximum atomic E-state index is 9.19. The van der Waals surface area contributed by atoms with E-state index in [4.69, 9.17) is 0 Å². The fourth-order valence-corrected chi connectivity index (χ4v) is 3.47. The average Bonchev–Trinajstić information content (AvgIpc) is 2.92. The van der Waals surface area contributed by atoms with Crippen molar-refractivity contribution in [3.63, 3.8) is 0 Å². The molecular formula is C20H26N4O. The standard InChI is InChI=1S/C20H26N4O/c1-4-5-6-18(24-25)16-11-21-20(22-12-16)23-19-14(3)10-15-8-7-13(2)9-17(15)19/h7-9,11-12,14,19,25H,4-6,10H2,1-3H3,(H,21,22,23)/b24-18-/t14-,19+/m0/s1. The zero-order valence-corrected chi connectivity index (χ0v) is 15.2. The molecule has 5 nitrogen and oxygen atoms in total. The van der Waals surface area contributed by atoms with Crippen molar-refractivity contribution in [3.8, 4) is 0 Å². The summed E-state index contributed by atoms with van der Waals surface area (Å²) in [6.07, 6.45) is 7.31. The monoisotopic (exact) mass is 338 g/mol. The number of nitrogens with one attached hydrogen (secondary N) is 1. The molecular weight excluding hydrogens is 312 g/mol. The molecule has 0 spiro atoms. The van der Waals surface area contributed by atoms with Crippen molar-refractivity contribution < 1.29 is 5.21 Å². The van der Waals surface area contributed by atoms with Gasteiger partial charge in [-0.3, -0.25) is 0 Å². The van der Waals surface area contributed by atoms with Gasteiger partial charge in [-0.05, 0) is 43.2 Å². The van der Waals surface area contributed by atoms with Gasteiger partial charge in [0.25, 0.3) is 0 Å². The first kappa shape index (κ1) is 17.4. The minimum absolute atomic E-state index is 0.229. The molecule has 1 aromatic heterocycles. The Bertz CT molecular complexity index is 755. The summed E-state index contributed by atoms with van der Waals surface area (Å²) in [6, 6.07) is 6.88. The van der Waals surface area contributed by atoms with Crippen LogP contribution in [0.2, 0.25) is 0 Å². The van der Waals surface area contributed by atoms with Gasteiger partial charge in [0.15, 0.2) is 0 Å². The smallest absolute Gasteiger partial charge is 0.223 e. The second kappa shape index (κ2) is 7.64. The number of aryl methyl sites for hydroxylation is 1. The second-order valence-corrected chi connectivity index (χ2v) is 6.95. The molecule has 0 radical (unpaired) electrons. The van der Waals surface area contributed by atoms with Gasteiger partial charge in [0.2, 0.25) is 5.95 Å². The molecule has 2 atom stereocenters. The summed E-state index contributed by atoms with van der Waals surface area (Å²) >= 11 is 0. The van der Waals surface area contributed by atoms with E-state index in [1.54, 1.807) is 12.4 Å². The Morgan fingerprint density at radius 3 is 2.76 bits per heavy atom. The predicted octanol–water partition coefficient (Wildman–Crippen LogP) is 4.50. The Morgan fingerprint density at radius 1 is 1.32 bits per heavy atom. The maximum absolute atomic E-state index is 9.19. The summed E-state index contributed by atoms with van der Waals surface area (Å²) in [6.45, 7) is 6.49. The van der Waals surface area contributed by atoms with Crippen LogP contribution in [0.5, 0.6) is 0 Å². The molecule has 132 valence electrons. The molecule has 0 bridgehead atoms. The van der Waals surface area contributed by atoms with Crippen molar-refractivity contribution in [2.24, 2.45) is 11.1 Å². The van der Waals surface area contributed by atoms with Crippen LogP contribution < -0.4 is 5.32 Å². The van der Waals surface area contributed by atoms with E-state index >= 15 is 0 Å². The number of nitrogens with zero attached hydrogens (tertiary/aromatic N) is 3. The number of hydrogen-bond donors (Lipinski definition) is 2. The fourth-order valence-electron chi connectivity index (χ4n) is 3.47. The van der Waals surface area contributed by atoms with Gasteiger partial charge in [0.05, 0.1) is 11.8 Å². The third-order valence-electron chi connectivity index (χ3n) is 4.90. The van der Waals surface area contributed by atoms with E-state index < -0.39 is 0 Å². The lowest BCUT2D eigenvalue weighted by Gasteiger charge is -2.19. The Hall–Kier alpha value is -2.43. The van der Waals surface area contributed by atoms with Crippen LogP contribution in [-0.2, 0) is 6.42 Å². The van der Waals surface area contributed by atoms with Crippen molar-refractivity contribution in [3.05, 3.63) is 52.8 Å². The molecule has 1 heterocycles. The summed E-state index contributed by atoms with van der Waals surface area (Å²) in [7, 11) is 0. The van der Waals surface area contributed by atoms with Crippen LogP contribution in [0.15, 0.2) is 35.7 Å². The number of aromatic nitrogens is 2. The third-order valence-corrected chi connectivity index (χ3v) is 4.90. The van der Waals surface area contributed by atoms with Crippen molar-refractivity contribution in [2.75, 3.05) is 5.32 Å². The van der Waals surface area contributed by atoms with Gasteiger partial charge in [0, 0.05) is 18.0 Å². The van der Waals surface area contributed by atoms with E-state index in [9.17, 15) is 5.21 Å². The van der Waals surface area contributed by atoms with Crippen LogP contribution in [0.4, 0.5) is 5.95 Å². The molecule has 0 fully saturated rings. The Morgan fingerprint density at radius 2 is 2.08 bits per heavy atom. The Balaban J connectivity index is 1.75. The van der Waals surface area contributed by atoms with Crippen molar-refractivity contribution in [1.29, 1.82) is 0 Å². The van der Waals surface area contributed by atoms with Gasteiger partial charge >= 0.3 is 0 Å². The number of anilines is 1. The number of rotatable bonds is 6. The van der Waals surface area contributed by atoms with E-state index in [0.29, 0.717) is 17.6 Å². The zero-order chi connectivity index (χ0) is 17.8. The van der Waals surface area contributed by atoms with Gasteiger partial charge in [-0.2, -0.15) is 0 Å². The van der Waals surface area contributed by atoms with Gasteiger partial charge in [-0.25, -0.2) is 9.97 Å². The normalized spacial score (nSPS) is 19.7. The van der Waals surface area contributed by atoms with Gasteiger partial charge in [-0.1, -0.05) is 49.2 Å². The molecule has 2 aromatic rings. The zero-order valence-electron chi connectivity index (χ0n) is 15.2. The summed E-state index contributed by atoms with van der Waals surface area (Å²) in [5.41, 5.74) is 5.44. The largest absolute Gasteiger partial charge is 0.411 e. The molecule has 5 heteroatoms. The Labute approximate surface area is 149 Å². The van der Waals surface area contributed by atoms with Gasteiger partial charge < -0.3 is 10.5 Å². The topological polar surface area (TPSA) is 70.4 Å². The molecule has 1 aromatic carbocycles. The predicted molar refractivity (Wildman–Crippen MR) is 100 cm³/mol. The van der Waals surface area contributed by atoms with E-state index in [1.807, 2.05) is 0 Å². The highest BCUT2D eigenvalue weighted by atomic mass is 16.4.